The Kier molecular flexibility index (Phi) is 2.25. The van der Waals surface area contributed by atoms with Crippen molar-refractivity contribution >= 4 is 27.2 Å². The maximum absolute atomic E-state index is 3.48. The topological polar surface area (TPSA) is 3.24 Å². The van der Waals surface area contributed by atoms with E-state index in [-0.39, 0.29) is 0 Å². The second kappa shape index (κ2) is 3.77. The van der Waals surface area contributed by atoms with Crippen molar-refractivity contribution in [3.63, 3.8) is 0 Å². The molecule has 83 valence electrons. The lowest BCUT2D eigenvalue weighted by Gasteiger charge is -2.18. The number of anilines is 1. The van der Waals surface area contributed by atoms with Crippen LogP contribution in [0.5, 0.6) is 0 Å². The van der Waals surface area contributed by atoms with Crippen molar-refractivity contribution in [2.75, 3.05) is 19.0 Å². The van der Waals surface area contributed by atoms with Crippen LogP contribution < -0.4 is 4.90 Å². The van der Waals surface area contributed by atoms with Crippen molar-refractivity contribution in [2.45, 2.75) is 0 Å². The van der Waals surface area contributed by atoms with Gasteiger partial charge in [-0.3, -0.25) is 0 Å². The lowest BCUT2D eigenvalue weighted by atomic mass is 10.0. The lowest BCUT2D eigenvalue weighted by Crippen LogP contribution is -2.09. The minimum absolute atomic E-state index is 1.18. The Hall–Kier alpha value is -2.02. The molecule has 0 N–H and O–H groups in total. The molecule has 0 unspecified atom stereocenters. The molecule has 3 aromatic rings. The van der Waals surface area contributed by atoms with Gasteiger partial charge in [0.25, 0.3) is 0 Å². The van der Waals surface area contributed by atoms with Gasteiger partial charge >= 0.3 is 0 Å². The quantitative estimate of drug-likeness (QED) is 0.563. The number of nitrogens with zero attached hydrogens (tertiary/aromatic N) is 1. The van der Waals surface area contributed by atoms with E-state index in [9.17, 15) is 0 Å². The van der Waals surface area contributed by atoms with Gasteiger partial charge in [0.05, 0.1) is 5.69 Å². The molecule has 1 nitrogen and oxygen atoms in total. The number of hydrogen-bond acceptors (Lipinski definition) is 1. The highest BCUT2D eigenvalue weighted by Gasteiger charge is 2.08. The summed E-state index contributed by atoms with van der Waals surface area (Å²) in [7, 11) is 4.18. The minimum Gasteiger partial charge on any atom is -0.377 e. The summed E-state index contributed by atoms with van der Waals surface area (Å²) in [5.41, 5.74) is 1.27. The predicted octanol–water partition coefficient (Wildman–Crippen LogP) is 3.86. The van der Waals surface area contributed by atoms with Crippen LogP contribution in [0.25, 0.3) is 21.5 Å². The molecule has 0 bridgehead atoms. The third-order valence-electron chi connectivity index (χ3n) is 3.08. The van der Waals surface area contributed by atoms with E-state index in [1.807, 2.05) is 0 Å². The predicted molar refractivity (Wildman–Crippen MR) is 74.6 cm³/mol. The molecule has 1 heteroatoms. The normalized spacial score (nSPS) is 10.9. The highest BCUT2D eigenvalue weighted by Crippen LogP contribution is 2.33. The van der Waals surface area contributed by atoms with Crippen LogP contribution in [-0.4, -0.2) is 14.1 Å². The molecule has 0 heterocycles. The molecule has 0 saturated heterocycles. The fourth-order valence-corrected chi connectivity index (χ4v) is 2.37. The zero-order chi connectivity index (χ0) is 11.8. The van der Waals surface area contributed by atoms with Gasteiger partial charge in [-0.1, -0.05) is 48.5 Å². The summed E-state index contributed by atoms with van der Waals surface area (Å²) in [6.45, 7) is 0. The Morgan fingerprint density at radius 1 is 0.765 bits per heavy atom. The Morgan fingerprint density at radius 2 is 1.24 bits per heavy atom. The average Bonchev–Trinajstić information content (AvgIpc) is 2.35. The summed E-state index contributed by atoms with van der Waals surface area (Å²) in [5, 5.41) is 4.87. The fourth-order valence-electron chi connectivity index (χ4n) is 2.37. The van der Waals surface area contributed by atoms with Gasteiger partial charge in [0.1, 0.15) is 0 Å². The number of hydrogen-bond donors (Lipinski definition) is 0. The molecule has 0 atom stereocenters. The van der Waals surface area contributed by atoms with Gasteiger partial charge in [0.2, 0.25) is 0 Å². The number of benzene rings is 3. The third kappa shape index (κ3) is 1.55. The molecular formula is C16H14N. The highest BCUT2D eigenvalue weighted by molar-refractivity contribution is 6.10. The molecule has 0 aliphatic heterocycles. The van der Waals surface area contributed by atoms with Crippen LogP contribution in [0, 0.1) is 6.07 Å². The van der Waals surface area contributed by atoms with Gasteiger partial charge in [0, 0.05) is 24.9 Å². The number of fused-ring (bicyclic) bond motifs is 2. The Morgan fingerprint density at radius 3 is 1.71 bits per heavy atom. The molecule has 0 saturated carbocycles. The van der Waals surface area contributed by atoms with Gasteiger partial charge in [-0.25, -0.2) is 0 Å². The van der Waals surface area contributed by atoms with Crippen molar-refractivity contribution in [2.24, 2.45) is 0 Å². The van der Waals surface area contributed by atoms with Crippen LogP contribution in [0.1, 0.15) is 0 Å². The van der Waals surface area contributed by atoms with E-state index in [0.717, 1.165) is 0 Å². The summed E-state index contributed by atoms with van der Waals surface area (Å²) in [5.74, 6) is 0. The van der Waals surface area contributed by atoms with Gasteiger partial charge < -0.3 is 4.90 Å². The Bertz CT molecular complexity index is 629. The van der Waals surface area contributed by atoms with Crippen LogP contribution >= 0.6 is 0 Å². The smallest absolute Gasteiger partial charge is 0.0520 e. The van der Waals surface area contributed by atoms with Crippen LogP contribution in [0.4, 0.5) is 5.69 Å². The van der Waals surface area contributed by atoms with Crippen LogP contribution in [0.15, 0.2) is 48.5 Å². The first-order chi connectivity index (χ1) is 8.27. The van der Waals surface area contributed by atoms with Crippen molar-refractivity contribution in [3.8, 4) is 0 Å². The van der Waals surface area contributed by atoms with E-state index in [1.165, 1.54) is 27.2 Å². The largest absolute Gasteiger partial charge is 0.377 e. The summed E-state index contributed by atoms with van der Waals surface area (Å²) < 4.78 is 0. The van der Waals surface area contributed by atoms with Gasteiger partial charge in [-0.15, -0.1) is 0 Å². The summed E-state index contributed by atoms with van der Waals surface area (Å²) in [6, 6.07) is 20.3. The first kappa shape index (κ1) is 10.2. The van der Waals surface area contributed by atoms with E-state index in [4.69, 9.17) is 0 Å². The molecular weight excluding hydrogens is 206 g/mol. The molecule has 3 rings (SSSR count). The van der Waals surface area contributed by atoms with Gasteiger partial charge in [-0.2, -0.15) is 0 Å². The molecule has 0 aromatic heterocycles. The highest BCUT2D eigenvalue weighted by atomic mass is 15.1. The van der Waals surface area contributed by atoms with E-state index in [1.54, 1.807) is 0 Å². The second-order valence-corrected chi connectivity index (χ2v) is 4.46. The first-order valence-electron chi connectivity index (χ1n) is 5.77. The zero-order valence-electron chi connectivity index (χ0n) is 10.1. The molecule has 1 radical (unpaired) electrons. The second-order valence-electron chi connectivity index (χ2n) is 4.46. The van der Waals surface area contributed by atoms with Crippen LogP contribution in [0.2, 0.25) is 0 Å². The van der Waals surface area contributed by atoms with E-state index < -0.39 is 0 Å². The molecule has 0 spiro atoms. The van der Waals surface area contributed by atoms with Crippen molar-refractivity contribution in [1.82, 2.24) is 0 Å². The van der Waals surface area contributed by atoms with Gasteiger partial charge in [0.15, 0.2) is 0 Å². The SMILES string of the molecule is CN(C)c1c2ccccc2[c]c2ccccc12. The molecule has 3 aromatic carbocycles. The summed E-state index contributed by atoms with van der Waals surface area (Å²) in [6.07, 6.45) is 0. The Balaban J connectivity index is 2.56. The van der Waals surface area contributed by atoms with E-state index in [2.05, 4.69) is 73.6 Å². The molecule has 0 fully saturated rings. The average molecular weight is 220 g/mol. The maximum Gasteiger partial charge on any atom is 0.0520 e. The van der Waals surface area contributed by atoms with Gasteiger partial charge in [-0.05, 0) is 16.8 Å². The fraction of sp³-hybridized carbons (Fsp3) is 0.125. The maximum atomic E-state index is 3.48. The van der Waals surface area contributed by atoms with Crippen molar-refractivity contribution in [1.29, 1.82) is 0 Å². The van der Waals surface area contributed by atoms with Crippen molar-refractivity contribution < 1.29 is 0 Å². The van der Waals surface area contributed by atoms with Crippen LogP contribution in [0.3, 0.4) is 0 Å². The molecule has 0 aliphatic rings. The minimum atomic E-state index is 1.18. The monoisotopic (exact) mass is 220 g/mol. The Labute approximate surface area is 101 Å². The van der Waals surface area contributed by atoms with E-state index >= 15 is 0 Å². The molecule has 0 aliphatic carbocycles. The summed E-state index contributed by atoms with van der Waals surface area (Å²) >= 11 is 0. The standard InChI is InChI=1S/C16H14N/c1-17(2)16-14-9-5-3-7-12(14)11-13-8-4-6-10-15(13)16/h3-10H,1-2H3. The van der Waals surface area contributed by atoms with Crippen LogP contribution in [-0.2, 0) is 0 Å². The molecule has 17 heavy (non-hydrogen) atoms. The lowest BCUT2D eigenvalue weighted by molar-refractivity contribution is 1.15. The third-order valence-corrected chi connectivity index (χ3v) is 3.08. The van der Waals surface area contributed by atoms with Crippen molar-refractivity contribution in [3.05, 3.63) is 54.6 Å². The number of rotatable bonds is 1. The first-order valence-corrected chi connectivity index (χ1v) is 5.77. The molecule has 0 amide bonds. The summed E-state index contributed by atoms with van der Waals surface area (Å²) in [4.78, 5) is 2.18. The van der Waals surface area contributed by atoms with E-state index in [0.29, 0.717) is 0 Å². The zero-order valence-corrected chi connectivity index (χ0v) is 10.1.